The number of hydrogen-bond donors (Lipinski definition) is 3. The Morgan fingerprint density at radius 2 is 2.00 bits per heavy atom. The molecule has 0 bridgehead atoms. The molecule has 0 spiro atoms. The van der Waals surface area contributed by atoms with Crippen LogP contribution in [0.15, 0.2) is 30.3 Å². The molecule has 1 aromatic carbocycles. The summed E-state index contributed by atoms with van der Waals surface area (Å²) >= 11 is 0. The molecular formula is C12H17NO3. The van der Waals surface area contributed by atoms with Crippen LogP contribution in [0.4, 0.5) is 0 Å². The summed E-state index contributed by atoms with van der Waals surface area (Å²) in [5, 5.41) is 20.0. The van der Waals surface area contributed by atoms with Crippen molar-refractivity contribution in [2.75, 3.05) is 0 Å². The number of benzene rings is 1. The summed E-state index contributed by atoms with van der Waals surface area (Å²) in [6, 6.07) is 9.60. The van der Waals surface area contributed by atoms with Gasteiger partial charge in [-0.2, -0.15) is 5.48 Å². The number of aliphatic hydroxyl groups is 2. The molecule has 2 unspecified atom stereocenters. The Labute approximate surface area is 94.8 Å². The predicted octanol–water partition coefficient (Wildman–Crippen LogP) is 1.11. The highest BCUT2D eigenvalue weighted by Crippen LogP contribution is 2.37. The fraction of sp³-hybridized carbons (Fsp3) is 0.500. The Morgan fingerprint density at radius 1 is 1.38 bits per heavy atom. The second-order valence-electron chi connectivity index (χ2n) is 4.73. The van der Waals surface area contributed by atoms with Gasteiger partial charge in [-0.1, -0.05) is 30.3 Å². The normalized spacial score (nSPS) is 30.6. The van der Waals surface area contributed by atoms with Gasteiger partial charge in [-0.3, -0.25) is 4.84 Å². The maximum atomic E-state index is 10.1. The molecule has 0 radical (unpaired) electrons. The Hall–Kier alpha value is -0.940. The van der Waals surface area contributed by atoms with Gasteiger partial charge in [0.25, 0.3) is 0 Å². The largest absolute Gasteiger partial charge is 0.385 e. The van der Waals surface area contributed by atoms with E-state index in [1.165, 1.54) is 13.8 Å². The molecule has 1 heterocycles. The SMILES string of the molecule is CC(C)(O)C1(O)CC(c2ccccc2)NO1. The number of rotatable bonds is 2. The summed E-state index contributed by atoms with van der Waals surface area (Å²) < 4.78 is 0. The van der Waals surface area contributed by atoms with Crippen LogP contribution in [0, 0.1) is 0 Å². The standard InChI is InChI=1S/C12H17NO3/c1-11(2,14)12(15)8-10(13-16-12)9-6-4-3-5-7-9/h3-7,10,13-15H,8H2,1-2H3. The first-order valence-corrected chi connectivity index (χ1v) is 5.36. The molecular weight excluding hydrogens is 206 g/mol. The molecule has 1 saturated heterocycles. The van der Waals surface area contributed by atoms with E-state index in [1.807, 2.05) is 30.3 Å². The minimum Gasteiger partial charge on any atom is -0.385 e. The van der Waals surface area contributed by atoms with Crippen LogP contribution >= 0.6 is 0 Å². The summed E-state index contributed by atoms with van der Waals surface area (Å²) in [6.45, 7) is 3.06. The third kappa shape index (κ3) is 1.97. The first-order chi connectivity index (χ1) is 7.42. The van der Waals surface area contributed by atoms with E-state index in [0.717, 1.165) is 5.56 Å². The second-order valence-corrected chi connectivity index (χ2v) is 4.73. The van der Waals surface area contributed by atoms with Gasteiger partial charge in [0.05, 0.1) is 6.04 Å². The van der Waals surface area contributed by atoms with Crippen molar-refractivity contribution < 1.29 is 15.1 Å². The summed E-state index contributed by atoms with van der Waals surface area (Å²) in [6.07, 6.45) is 0.320. The van der Waals surface area contributed by atoms with Gasteiger partial charge in [-0.15, -0.1) is 0 Å². The summed E-state index contributed by atoms with van der Waals surface area (Å²) in [5.74, 6) is -1.55. The summed E-state index contributed by atoms with van der Waals surface area (Å²) in [7, 11) is 0. The van der Waals surface area contributed by atoms with Crippen molar-refractivity contribution in [1.82, 2.24) is 5.48 Å². The van der Waals surface area contributed by atoms with Gasteiger partial charge in [0.15, 0.2) is 0 Å². The van der Waals surface area contributed by atoms with Gasteiger partial charge in [0.1, 0.15) is 5.60 Å². The third-order valence-corrected chi connectivity index (χ3v) is 3.01. The molecule has 4 nitrogen and oxygen atoms in total. The fourth-order valence-corrected chi connectivity index (χ4v) is 1.77. The molecule has 1 aliphatic heterocycles. The molecule has 0 saturated carbocycles. The lowest BCUT2D eigenvalue weighted by Crippen LogP contribution is -2.50. The molecule has 1 aromatic rings. The lowest BCUT2D eigenvalue weighted by Gasteiger charge is -2.32. The zero-order valence-electron chi connectivity index (χ0n) is 9.47. The highest BCUT2D eigenvalue weighted by molar-refractivity contribution is 5.20. The van der Waals surface area contributed by atoms with Crippen molar-refractivity contribution >= 4 is 0 Å². The highest BCUT2D eigenvalue weighted by Gasteiger charge is 2.50. The van der Waals surface area contributed by atoms with Crippen LogP contribution < -0.4 is 5.48 Å². The number of nitrogens with one attached hydrogen (secondary N) is 1. The van der Waals surface area contributed by atoms with Crippen LogP contribution in [0.2, 0.25) is 0 Å². The Bertz CT molecular complexity index is 360. The molecule has 1 fully saturated rings. The van der Waals surface area contributed by atoms with Crippen LogP contribution in [0.1, 0.15) is 31.9 Å². The minimum absolute atomic E-state index is 0.0994. The van der Waals surface area contributed by atoms with Gasteiger partial charge >= 0.3 is 0 Å². The molecule has 3 N–H and O–H groups in total. The van der Waals surface area contributed by atoms with Crippen molar-refractivity contribution in [3.05, 3.63) is 35.9 Å². The molecule has 0 aromatic heterocycles. The second kappa shape index (κ2) is 3.82. The Balaban J connectivity index is 2.15. The monoisotopic (exact) mass is 223 g/mol. The predicted molar refractivity (Wildman–Crippen MR) is 59.3 cm³/mol. The van der Waals surface area contributed by atoms with Crippen LogP contribution in [-0.2, 0) is 4.84 Å². The van der Waals surface area contributed by atoms with E-state index in [2.05, 4.69) is 5.48 Å². The minimum atomic E-state index is -1.55. The summed E-state index contributed by atoms with van der Waals surface area (Å²) in [4.78, 5) is 5.13. The van der Waals surface area contributed by atoms with Crippen LogP contribution in [0.25, 0.3) is 0 Å². The van der Waals surface area contributed by atoms with E-state index in [-0.39, 0.29) is 6.04 Å². The molecule has 16 heavy (non-hydrogen) atoms. The quantitative estimate of drug-likeness (QED) is 0.703. The average molecular weight is 223 g/mol. The topological polar surface area (TPSA) is 61.7 Å². The van der Waals surface area contributed by atoms with Crippen LogP contribution in [0.3, 0.4) is 0 Å². The van der Waals surface area contributed by atoms with Gasteiger partial charge < -0.3 is 10.2 Å². The molecule has 88 valence electrons. The van der Waals surface area contributed by atoms with Crippen molar-refractivity contribution in [2.45, 2.75) is 37.7 Å². The first-order valence-electron chi connectivity index (χ1n) is 5.36. The average Bonchev–Trinajstić information content (AvgIpc) is 2.63. The molecule has 2 atom stereocenters. The van der Waals surface area contributed by atoms with Gasteiger partial charge in [0, 0.05) is 6.42 Å². The molecule has 4 heteroatoms. The van der Waals surface area contributed by atoms with Crippen molar-refractivity contribution in [3.63, 3.8) is 0 Å². The van der Waals surface area contributed by atoms with Crippen molar-refractivity contribution in [1.29, 1.82) is 0 Å². The van der Waals surface area contributed by atoms with E-state index >= 15 is 0 Å². The Morgan fingerprint density at radius 3 is 2.50 bits per heavy atom. The molecule has 0 amide bonds. The van der Waals surface area contributed by atoms with Crippen LogP contribution in [0.5, 0.6) is 0 Å². The smallest absolute Gasteiger partial charge is 0.215 e. The summed E-state index contributed by atoms with van der Waals surface area (Å²) in [5.41, 5.74) is 2.49. The maximum absolute atomic E-state index is 10.1. The molecule has 0 aliphatic carbocycles. The third-order valence-electron chi connectivity index (χ3n) is 3.01. The van der Waals surface area contributed by atoms with Crippen LogP contribution in [-0.4, -0.2) is 21.6 Å². The fourth-order valence-electron chi connectivity index (χ4n) is 1.77. The van der Waals surface area contributed by atoms with Gasteiger partial charge in [-0.25, -0.2) is 0 Å². The lowest BCUT2D eigenvalue weighted by atomic mass is 9.90. The maximum Gasteiger partial charge on any atom is 0.215 e. The van der Waals surface area contributed by atoms with Gasteiger partial charge in [0.2, 0.25) is 5.79 Å². The van der Waals surface area contributed by atoms with E-state index in [0.29, 0.717) is 6.42 Å². The zero-order chi connectivity index (χ0) is 11.8. The lowest BCUT2D eigenvalue weighted by molar-refractivity contribution is -0.284. The zero-order valence-corrected chi connectivity index (χ0v) is 9.47. The molecule has 1 aliphatic rings. The van der Waals surface area contributed by atoms with Crippen molar-refractivity contribution in [2.24, 2.45) is 0 Å². The van der Waals surface area contributed by atoms with E-state index in [1.54, 1.807) is 0 Å². The highest BCUT2D eigenvalue weighted by atomic mass is 16.8. The van der Waals surface area contributed by atoms with Gasteiger partial charge in [-0.05, 0) is 19.4 Å². The first kappa shape index (κ1) is 11.5. The molecule has 2 rings (SSSR count). The van der Waals surface area contributed by atoms with E-state index < -0.39 is 11.4 Å². The number of hydrogen-bond acceptors (Lipinski definition) is 4. The van der Waals surface area contributed by atoms with E-state index in [4.69, 9.17) is 4.84 Å². The van der Waals surface area contributed by atoms with E-state index in [9.17, 15) is 10.2 Å². The number of hydroxylamine groups is 1. The van der Waals surface area contributed by atoms with Crippen molar-refractivity contribution in [3.8, 4) is 0 Å². The Kier molecular flexibility index (Phi) is 2.75.